The van der Waals surface area contributed by atoms with Crippen LogP contribution in [0.2, 0.25) is 10.0 Å². The maximum atomic E-state index is 14.4. The number of hydrogen-bond acceptors (Lipinski definition) is 3. The number of aromatic nitrogens is 2. The summed E-state index contributed by atoms with van der Waals surface area (Å²) in [6, 6.07) is 2.86. The highest BCUT2D eigenvalue weighted by Gasteiger charge is 2.45. The van der Waals surface area contributed by atoms with Crippen LogP contribution in [0, 0.1) is 17.8 Å². The molecule has 1 aromatic heterocycles. The lowest BCUT2D eigenvalue weighted by atomic mass is 9.74. The number of halogens is 5. The number of aliphatic carboxylic acids is 1. The Hall–Kier alpha value is -2.26. The van der Waals surface area contributed by atoms with Crippen molar-refractivity contribution in [2.24, 2.45) is 10.8 Å². The van der Waals surface area contributed by atoms with Gasteiger partial charge in [0.15, 0.2) is 5.69 Å². The van der Waals surface area contributed by atoms with Gasteiger partial charge in [0.2, 0.25) is 0 Å². The average Bonchev–Trinajstić information content (AvgIpc) is 3.22. The van der Waals surface area contributed by atoms with Crippen LogP contribution in [0.4, 0.5) is 13.2 Å². The molecule has 0 aliphatic heterocycles. The summed E-state index contributed by atoms with van der Waals surface area (Å²) >= 11 is 12.8. The molecule has 1 fully saturated rings. The molecule has 0 saturated heterocycles. The summed E-state index contributed by atoms with van der Waals surface area (Å²) < 4.78 is 44.0. The van der Waals surface area contributed by atoms with Crippen LogP contribution >= 0.6 is 23.2 Å². The zero-order chi connectivity index (χ0) is 28.6. The van der Waals surface area contributed by atoms with Crippen molar-refractivity contribution in [2.75, 3.05) is 13.1 Å². The molecule has 0 bridgehead atoms. The molecule has 0 radical (unpaired) electrons. The SMILES string of the molecule is Cc1cc(Cl)c(CCN(CC(C)(C)C)C(=O)c2cnn(C3CCC(C)(C(=O)O)CC3)c2C(F)(F)F)c(Cl)c1. The second-order valence-corrected chi connectivity index (χ2v) is 12.5. The highest BCUT2D eigenvalue weighted by atomic mass is 35.5. The summed E-state index contributed by atoms with van der Waals surface area (Å²) in [5.74, 6) is -1.74. The molecule has 1 aliphatic rings. The van der Waals surface area contributed by atoms with E-state index in [9.17, 15) is 27.9 Å². The van der Waals surface area contributed by atoms with Crippen molar-refractivity contribution < 1.29 is 27.9 Å². The normalized spacial score (nSPS) is 20.4. The van der Waals surface area contributed by atoms with Crippen LogP contribution in [-0.2, 0) is 17.4 Å². The van der Waals surface area contributed by atoms with Gasteiger partial charge in [-0.2, -0.15) is 18.3 Å². The number of rotatable bonds is 7. The standard InChI is InChI=1S/C27H34Cl2F3N3O3/c1-16-12-20(28)18(21(29)13-16)8-11-34(15-25(2,3)4)23(36)19-14-33-35(22(19)27(30,31)32)17-6-9-26(5,10-7-17)24(37)38/h12-14,17H,6-11,15H2,1-5H3,(H,37,38). The van der Waals surface area contributed by atoms with Gasteiger partial charge in [-0.3, -0.25) is 14.3 Å². The van der Waals surface area contributed by atoms with E-state index in [-0.39, 0.29) is 45.2 Å². The minimum Gasteiger partial charge on any atom is -0.481 e. The van der Waals surface area contributed by atoms with Crippen molar-refractivity contribution in [1.82, 2.24) is 14.7 Å². The Bertz CT molecular complexity index is 1170. The van der Waals surface area contributed by atoms with Gasteiger partial charge in [0.25, 0.3) is 5.91 Å². The molecule has 38 heavy (non-hydrogen) atoms. The highest BCUT2D eigenvalue weighted by Crippen LogP contribution is 2.43. The van der Waals surface area contributed by atoms with Gasteiger partial charge in [-0.15, -0.1) is 0 Å². The predicted molar refractivity (Wildman–Crippen MR) is 141 cm³/mol. The van der Waals surface area contributed by atoms with Crippen LogP contribution in [0.5, 0.6) is 0 Å². The summed E-state index contributed by atoms with van der Waals surface area (Å²) in [6.45, 7) is 9.46. The maximum absolute atomic E-state index is 14.4. The van der Waals surface area contributed by atoms with Crippen LogP contribution in [0.1, 0.15) is 86.6 Å². The maximum Gasteiger partial charge on any atom is 0.433 e. The van der Waals surface area contributed by atoms with Crippen LogP contribution in [0.3, 0.4) is 0 Å². The van der Waals surface area contributed by atoms with E-state index >= 15 is 0 Å². The van der Waals surface area contributed by atoms with E-state index in [1.54, 1.807) is 19.1 Å². The smallest absolute Gasteiger partial charge is 0.433 e. The Morgan fingerprint density at radius 3 is 2.18 bits per heavy atom. The number of benzene rings is 1. The lowest BCUT2D eigenvalue weighted by molar-refractivity contribution is -0.152. The third-order valence-electron chi connectivity index (χ3n) is 7.08. The van der Waals surface area contributed by atoms with Crippen molar-refractivity contribution in [3.05, 3.63) is 50.8 Å². The zero-order valence-corrected chi connectivity index (χ0v) is 23.8. The van der Waals surface area contributed by atoms with Crippen molar-refractivity contribution in [3.8, 4) is 0 Å². The second-order valence-electron chi connectivity index (χ2n) is 11.7. The molecule has 2 aromatic rings. The predicted octanol–water partition coefficient (Wildman–Crippen LogP) is 7.45. The number of carbonyl (C=O) groups excluding carboxylic acids is 1. The minimum atomic E-state index is -4.83. The van der Waals surface area contributed by atoms with Gasteiger partial charge < -0.3 is 10.0 Å². The van der Waals surface area contributed by atoms with E-state index in [1.807, 2.05) is 27.7 Å². The van der Waals surface area contributed by atoms with Crippen LogP contribution in [0.25, 0.3) is 0 Å². The van der Waals surface area contributed by atoms with Gasteiger partial charge >= 0.3 is 12.1 Å². The minimum absolute atomic E-state index is 0.113. The van der Waals surface area contributed by atoms with Gasteiger partial charge in [0.05, 0.1) is 23.2 Å². The molecule has 1 heterocycles. The average molecular weight is 576 g/mol. The molecule has 210 valence electrons. The first kappa shape index (κ1) is 30.3. The fraction of sp³-hybridized carbons (Fsp3) is 0.593. The molecular weight excluding hydrogens is 542 g/mol. The molecule has 11 heteroatoms. The molecule has 0 unspecified atom stereocenters. The Balaban J connectivity index is 1.94. The van der Waals surface area contributed by atoms with Crippen molar-refractivity contribution in [1.29, 1.82) is 0 Å². The molecule has 3 rings (SSSR count). The highest BCUT2D eigenvalue weighted by molar-refractivity contribution is 6.36. The molecule has 1 amide bonds. The van der Waals surface area contributed by atoms with E-state index in [2.05, 4.69) is 5.10 Å². The summed E-state index contributed by atoms with van der Waals surface area (Å²) in [5.41, 5.74) is -1.50. The van der Waals surface area contributed by atoms with Crippen molar-refractivity contribution in [3.63, 3.8) is 0 Å². The third-order valence-corrected chi connectivity index (χ3v) is 7.76. The van der Waals surface area contributed by atoms with Gasteiger partial charge in [-0.1, -0.05) is 44.0 Å². The van der Waals surface area contributed by atoms with E-state index in [0.717, 1.165) is 16.4 Å². The first-order valence-corrected chi connectivity index (χ1v) is 13.3. The van der Waals surface area contributed by atoms with Crippen molar-refractivity contribution in [2.45, 2.75) is 78.9 Å². The Morgan fingerprint density at radius 1 is 1.16 bits per heavy atom. The summed E-state index contributed by atoms with van der Waals surface area (Å²) in [4.78, 5) is 26.6. The number of alkyl halides is 3. The Morgan fingerprint density at radius 2 is 1.71 bits per heavy atom. The van der Waals surface area contributed by atoms with Gasteiger partial charge in [0, 0.05) is 23.1 Å². The molecule has 0 spiro atoms. The summed E-state index contributed by atoms with van der Waals surface area (Å²) in [6.07, 6.45) is -2.69. The monoisotopic (exact) mass is 575 g/mol. The number of nitrogens with zero attached hydrogens (tertiary/aromatic N) is 3. The topological polar surface area (TPSA) is 75.4 Å². The first-order valence-electron chi connectivity index (χ1n) is 12.5. The molecule has 6 nitrogen and oxygen atoms in total. The van der Waals surface area contributed by atoms with Gasteiger partial charge in [-0.25, -0.2) is 0 Å². The first-order chi connectivity index (χ1) is 17.4. The number of carbonyl (C=O) groups is 2. The molecule has 0 atom stereocenters. The van der Waals surface area contributed by atoms with E-state index < -0.39 is 46.2 Å². The Kier molecular flexibility index (Phi) is 8.83. The fourth-order valence-electron chi connectivity index (χ4n) is 4.99. The lowest BCUT2D eigenvalue weighted by Gasteiger charge is -2.34. The molecular formula is C27H34Cl2F3N3O3. The molecule has 1 aliphatic carbocycles. The summed E-state index contributed by atoms with van der Waals surface area (Å²) in [5, 5.41) is 14.4. The summed E-state index contributed by atoms with van der Waals surface area (Å²) in [7, 11) is 0. The number of carboxylic acids is 1. The van der Waals surface area contributed by atoms with E-state index in [1.165, 1.54) is 4.90 Å². The lowest BCUT2D eigenvalue weighted by Crippen LogP contribution is -2.40. The van der Waals surface area contributed by atoms with Crippen LogP contribution < -0.4 is 0 Å². The van der Waals surface area contributed by atoms with E-state index in [4.69, 9.17) is 23.2 Å². The van der Waals surface area contributed by atoms with Gasteiger partial charge in [0.1, 0.15) is 0 Å². The number of hydrogen-bond donors (Lipinski definition) is 1. The zero-order valence-electron chi connectivity index (χ0n) is 22.3. The number of aryl methyl sites for hydroxylation is 1. The number of carboxylic acid groups (broad SMARTS) is 1. The molecule has 1 N–H and O–H groups in total. The van der Waals surface area contributed by atoms with Crippen molar-refractivity contribution >= 4 is 35.1 Å². The van der Waals surface area contributed by atoms with Gasteiger partial charge in [-0.05, 0) is 74.6 Å². The third kappa shape index (κ3) is 6.84. The van der Waals surface area contributed by atoms with Crippen LogP contribution in [-0.4, -0.2) is 44.8 Å². The second kappa shape index (κ2) is 11.1. The molecule has 1 aromatic carbocycles. The van der Waals surface area contributed by atoms with Crippen LogP contribution in [0.15, 0.2) is 18.3 Å². The van der Waals surface area contributed by atoms with E-state index in [0.29, 0.717) is 15.6 Å². The quantitative estimate of drug-likeness (QED) is 0.372. The molecule has 1 saturated carbocycles. The number of amides is 1. The Labute approximate surface area is 231 Å². The largest absolute Gasteiger partial charge is 0.481 e. The fourth-order valence-corrected chi connectivity index (χ4v) is 5.77.